The van der Waals surface area contributed by atoms with Crippen LogP contribution in [0.5, 0.6) is 0 Å². The van der Waals surface area contributed by atoms with Crippen LogP contribution in [0.1, 0.15) is 16.7 Å². The number of nitrogens with one attached hydrogen (secondary N) is 1. The number of hydrogen-bond acceptors (Lipinski definition) is 2. The predicted octanol–water partition coefficient (Wildman–Crippen LogP) is 6.27. The fourth-order valence-corrected chi connectivity index (χ4v) is 3.17. The quantitative estimate of drug-likeness (QED) is 0.387. The standard InChI is InChI=1S/C23H15Cl2FN2O/c24-19-6-2-1-5-16(19)13-17-10-9-15(12-20(17)25)11-18(14-27)23(29)28-22-8-4-3-7-21(22)26/h1-12H,13H2,(H,28,29)/b18-11+. The van der Waals surface area contributed by atoms with E-state index in [9.17, 15) is 14.4 Å². The van der Waals surface area contributed by atoms with Crippen molar-refractivity contribution in [3.63, 3.8) is 0 Å². The third kappa shape index (κ3) is 5.23. The zero-order valence-electron chi connectivity index (χ0n) is 15.1. The van der Waals surface area contributed by atoms with E-state index in [1.165, 1.54) is 24.3 Å². The zero-order chi connectivity index (χ0) is 20.8. The molecule has 1 N–H and O–H groups in total. The third-order valence-electron chi connectivity index (χ3n) is 4.21. The molecule has 0 aliphatic carbocycles. The minimum Gasteiger partial charge on any atom is -0.319 e. The van der Waals surface area contributed by atoms with Crippen molar-refractivity contribution in [1.82, 2.24) is 0 Å². The van der Waals surface area contributed by atoms with Crippen LogP contribution in [-0.4, -0.2) is 5.91 Å². The Morgan fingerprint density at radius 3 is 2.38 bits per heavy atom. The highest BCUT2D eigenvalue weighted by Gasteiger charge is 2.12. The number of carbonyl (C=O) groups excluding carboxylic acids is 1. The average molecular weight is 425 g/mol. The second-order valence-corrected chi connectivity index (χ2v) is 7.04. The number of para-hydroxylation sites is 1. The van der Waals surface area contributed by atoms with E-state index in [2.05, 4.69) is 5.32 Å². The summed E-state index contributed by atoms with van der Waals surface area (Å²) in [4.78, 5) is 12.3. The summed E-state index contributed by atoms with van der Waals surface area (Å²) in [5.41, 5.74) is 2.24. The van der Waals surface area contributed by atoms with Crippen molar-refractivity contribution in [2.75, 3.05) is 5.32 Å². The van der Waals surface area contributed by atoms with Gasteiger partial charge in [0.25, 0.3) is 5.91 Å². The second-order valence-electron chi connectivity index (χ2n) is 6.22. The molecule has 0 bridgehead atoms. The number of nitriles is 1. The smallest absolute Gasteiger partial charge is 0.266 e. The maximum absolute atomic E-state index is 13.7. The highest BCUT2D eigenvalue weighted by molar-refractivity contribution is 6.32. The molecule has 0 aliphatic heterocycles. The fraction of sp³-hybridized carbons (Fsp3) is 0.0435. The van der Waals surface area contributed by atoms with Crippen LogP contribution in [-0.2, 0) is 11.2 Å². The molecule has 0 atom stereocenters. The van der Waals surface area contributed by atoms with Gasteiger partial charge in [0, 0.05) is 16.5 Å². The number of halogens is 3. The summed E-state index contributed by atoms with van der Waals surface area (Å²) in [6.07, 6.45) is 1.96. The Labute approximate surface area is 178 Å². The summed E-state index contributed by atoms with van der Waals surface area (Å²) in [6, 6.07) is 20.3. The van der Waals surface area contributed by atoms with E-state index in [0.29, 0.717) is 22.0 Å². The third-order valence-corrected chi connectivity index (χ3v) is 4.93. The van der Waals surface area contributed by atoms with Crippen molar-refractivity contribution >= 4 is 40.9 Å². The van der Waals surface area contributed by atoms with E-state index >= 15 is 0 Å². The number of rotatable bonds is 5. The summed E-state index contributed by atoms with van der Waals surface area (Å²) in [5.74, 6) is -1.28. The number of hydrogen-bond donors (Lipinski definition) is 1. The van der Waals surface area contributed by atoms with Gasteiger partial charge in [-0.25, -0.2) is 4.39 Å². The van der Waals surface area contributed by atoms with Crippen molar-refractivity contribution < 1.29 is 9.18 Å². The lowest BCUT2D eigenvalue weighted by molar-refractivity contribution is -0.112. The van der Waals surface area contributed by atoms with Crippen LogP contribution < -0.4 is 5.32 Å². The normalized spacial score (nSPS) is 11.0. The molecule has 3 rings (SSSR count). The van der Waals surface area contributed by atoms with Crippen LogP contribution in [0.4, 0.5) is 10.1 Å². The average Bonchev–Trinajstić information content (AvgIpc) is 2.71. The van der Waals surface area contributed by atoms with Gasteiger partial charge >= 0.3 is 0 Å². The predicted molar refractivity (Wildman–Crippen MR) is 114 cm³/mol. The van der Waals surface area contributed by atoms with Crippen LogP contribution >= 0.6 is 23.2 Å². The maximum Gasteiger partial charge on any atom is 0.266 e. The SMILES string of the molecule is N#C/C(=C\c1ccc(Cc2ccccc2Cl)c(Cl)c1)C(=O)Nc1ccccc1F. The molecule has 29 heavy (non-hydrogen) atoms. The van der Waals surface area contributed by atoms with Crippen molar-refractivity contribution in [2.45, 2.75) is 6.42 Å². The Kier molecular flexibility index (Phi) is 6.66. The number of carbonyl (C=O) groups is 1. The fourth-order valence-electron chi connectivity index (χ4n) is 2.71. The van der Waals surface area contributed by atoms with Crippen LogP contribution in [0.3, 0.4) is 0 Å². The summed E-state index contributed by atoms with van der Waals surface area (Å²) in [5, 5.41) is 12.9. The minimum atomic E-state index is -0.700. The van der Waals surface area contributed by atoms with E-state index in [1.54, 1.807) is 18.2 Å². The molecule has 3 nitrogen and oxygen atoms in total. The van der Waals surface area contributed by atoms with E-state index in [-0.39, 0.29) is 11.3 Å². The van der Waals surface area contributed by atoms with Gasteiger partial charge in [-0.15, -0.1) is 0 Å². The second kappa shape index (κ2) is 9.38. The lowest BCUT2D eigenvalue weighted by atomic mass is 10.0. The van der Waals surface area contributed by atoms with Gasteiger partial charge < -0.3 is 5.32 Å². The summed E-state index contributed by atoms with van der Waals surface area (Å²) in [7, 11) is 0. The van der Waals surface area contributed by atoms with Gasteiger partial charge in [-0.1, -0.05) is 65.7 Å². The molecule has 0 saturated carbocycles. The van der Waals surface area contributed by atoms with Crippen molar-refractivity contribution in [3.05, 3.63) is 105 Å². The molecule has 3 aromatic carbocycles. The number of amides is 1. The van der Waals surface area contributed by atoms with E-state index < -0.39 is 11.7 Å². The molecule has 0 spiro atoms. The molecule has 0 saturated heterocycles. The van der Waals surface area contributed by atoms with Crippen LogP contribution in [0, 0.1) is 17.1 Å². The Morgan fingerprint density at radius 1 is 1.00 bits per heavy atom. The molecular formula is C23H15Cl2FN2O. The number of nitrogens with zero attached hydrogens (tertiary/aromatic N) is 1. The van der Waals surface area contributed by atoms with E-state index in [4.69, 9.17) is 23.2 Å². The number of anilines is 1. The van der Waals surface area contributed by atoms with Crippen molar-refractivity contribution in [1.29, 1.82) is 5.26 Å². The lowest BCUT2D eigenvalue weighted by Gasteiger charge is -2.08. The van der Waals surface area contributed by atoms with Crippen LogP contribution in [0.2, 0.25) is 10.0 Å². The summed E-state index contributed by atoms with van der Waals surface area (Å²) in [6.45, 7) is 0. The first-order valence-corrected chi connectivity index (χ1v) is 9.43. The monoisotopic (exact) mass is 424 g/mol. The molecular weight excluding hydrogens is 410 g/mol. The van der Waals surface area contributed by atoms with Gasteiger partial charge in [0.15, 0.2) is 0 Å². The molecule has 1 amide bonds. The Balaban J connectivity index is 1.80. The molecule has 144 valence electrons. The number of benzene rings is 3. The Hall–Kier alpha value is -3.13. The first-order chi connectivity index (χ1) is 14.0. The van der Waals surface area contributed by atoms with Gasteiger partial charge in [0.1, 0.15) is 17.5 Å². The molecule has 0 aromatic heterocycles. The Bertz CT molecular complexity index is 1140. The summed E-state index contributed by atoms with van der Waals surface area (Å²) >= 11 is 12.6. The van der Waals surface area contributed by atoms with Crippen molar-refractivity contribution in [3.8, 4) is 6.07 Å². The highest BCUT2D eigenvalue weighted by atomic mass is 35.5. The van der Waals surface area contributed by atoms with Gasteiger partial charge in [0.05, 0.1) is 5.69 Å². The molecule has 0 radical (unpaired) electrons. The topological polar surface area (TPSA) is 52.9 Å². The zero-order valence-corrected chi connectivity index (χ0v) is 16.6. The lowest BCUT2D eigenvalue weighted by Crippen LogP contribution is -2.14. The molecule has 0 fully saturated rings. The van der Waals surface area contributed by atoms with Gasteiger partial charge in [-0.05, 0) is 47.0 Å². The van der Waals surface area contributed by atoms with Gasteiger partial charge in [-0.2, -0.15) is 5.26 Å². The molecule has 0 aliphatic rings. The summed E-state index contributed by atoms with van der Waals surface area (Å²) < 4.78 is 13.7. The molecule has 0 unspecified atom stereocenters. The van der Waals surface area contributed by atoms with Gasteiger partial charge in [-0.3, -0.25) is 4.79 Å². The maximum atomic E-state index is 13.7. The molecule has 3 aromatic rings. The largest absolute Gasteiger partial charge is 0.319 e. The first kappa shape index (κ1) is 20.6. The molecule has 0 heterocycles. The van der Waals surface area contributed by atoms with Crippen molar-refractivity contribution in [2.24, 2.45) is 0 Å². The molecule has 6 heteroatoms. The van der Waals surface area contributed by atoms with E-state index in [0.717, 1.165) is 11.1 Å². The highest BCUT2D eigenvalue weighted by Crippen LogP contribution is 2.25. The van der Waals surface area contributed by atoms with Crippen LogP contribution in [0.15, 0.2) is 72.3 Å². The van der Waals surface area contributed by atoms with Crippen LogP contribution in [0.25, 0.3) is 6.08 Å². The minimum absolute atomic E-state index is 0.00627. The van der Waals surface area contributed by atoms with Gasteiger partial charge in [0.2, 0.25) is 0 Å². The van der Waals surface area contributed by atoms with E-state index in [1.807, 2.05) is 36.4 Å². The first-order valence-electron chi connectivity index (χ1n) is 8.67. The Morgan fingerprint density at radius 2 is 1.69 bits per heavy atom.